The summed E-state index contributed by atoms with van der Waals surface area (Å²) in [5, 5.41) is 2.57. The minimum Gasteiger partial charge on any atom is -0.320 e. The van der Waals surface area contributed by atoms with Gasteiger partial charge in [-0.2, -0.15) is 0 Å². The number of hydrogen-bond acceptors (Lipinski definition) is 1. The number of fused-ring (bicyclic) bond motifs is 5. The van der Waals surface area contributed by atoms with E-state index in [9.17, 15) is 0 Å². The molecule has 0 spiro atoms. The highest BCUT2D eigenvalue weighted by atomic mass is 15.2. The lowest BCUT2D eigenvalue weighted by atomic mass is 10.1. The van der Waals surface area contributed by atoms with E-state index < -0.39 is 0 Å². The Hall–Kier alpha value is -2.48. The van der Waals surface area contributed by atoms with Crippen molar-refractivity contribution in [1.82, 2.24) is 9.47 Å². The van der Waals surface area contributed by atoms with Crippen molar-refractivity contribution in [2.75, 3.05) is 0 Å². The second-order valence-electron chi connectivity index (χ2n) is 4.46. The average Bonchev–Trinajstić information content (AvgIpc) is 2.61. The van der Waals surface area contributed by atoms with E-state index >= 15 is 0 Å². The molecule has 2 aliphatic rings. The second-order valence-corrected chi connectivity index (χ2v) is 4.46. The highest BCUT2D eigenvalue weighted by Crippen LogP contribution is 2.33. The van der Waals surface area contributed by atoms with E-state index in [1.54, 1.807) is 0 Å². The largest absolute Gasteiger partial charge is 0.320 e. The summed E-state index contributed by atoms with van der Waals surface area (Å²) >= 11 is 0. The lowest BCUT2D eigenvalue weighted by Gasteiger charge is -2.24. The van der Waals surface area contributed by atoms with E-state index in [1.807, 2.05) is 0 Å². The summed E-state index contributed by atoms with van der Waals surface area (Å²) in [6.45, 7) is 0. The number of nitrogens with zero attached hydrogens (tertiary/aromatic N) is 2. The van der Waals surface area contributed by atoms with Crippen LogP contribution in [-0.2, 0) is 0 Å². The Kier molecular flexibility index (Phi) is 1.86. The second kappa shape index (κ2) is 3.50. The van der Waals surface area contributed by atoms with Gasteiger partial charge in [0.25, 0.3) is 0 Å². The van der Waals surface area contributed by atoms with Crippen LogP contribution in [0, 0.1) is 0 Å². The van der Waals surface area contributed by atoms with Gasteiger partial charge < -0.3 is 9.47 Å². The molecule has 4 rings (SSSR count). The van der Waals surface area contributed by atoms with Gasteiger partial charge >= 0.3 is 0 Å². The molecule has 3 heterocycles. The fraction of sp³-hybridized carbons (Fsp3) is 0. The summed E-state index contributed by atoms with van der Waals surface area (Å²) < 4.78 is 2.19. The van der Waals surface area contributed by atoms with E-state index in [0.29, 0.717) is 0 Å². The van der Waals surface area contributed by atoms with E-state index in [0.717, 1.165) is 0 Å². The number of rotatable bonds is 0. The molecule has 86 valence electrons. The first kappa shape index (κ1) is 9.54. The topological polar surface area (TPSA) is 8.17 Å². The van der Waals surface area contributed by atoms with Crippen molar-refractivity contribution in [3.8, 4) is 0 Å². The molecule has 0 saturated heterocycles. The van der Waals surface area contributed by atoms with Crippen LogP contribution in [0.15, 0.2) is 67.2 Å². The molecule has 0 saturated carbocycles. The molecule has 18 heavy (non-hydrogen) atoms. The Bertz CT molecular complexity index is 742. The van der Waals surface area contributed by atoms with Crippen molar-refractivity contribution in [2.45, 2.75) is 0 Å². The van der Waals surface area contributed by atoms with Crippen LogP contribution in [0.2, 0.25) is 0 Å². The fourth-order valence-electron chi connectivity index (χ4n) is 2.56. The fourth-order valence-corrected chi connectivity index (χ4v) is 2.56. The maximum atomic E-state index is 2.19. The number of allylic oxidation sites excluding steroid dienone is 4. The van der Waals surface area contributed by atoms with Crippen molar-refractivity contribution >= 4 is 22.7 Å². The molecule has 2 nitrogen and oxygen atoms in total. The van der Waals surface area contributed by atoms with Crippen LogP contribution in [0.4, 0.5) is 0 Å². The van der Waals surface area contributed by atoms with Crippen LogP contribution >= 0.6 is 0 Å². The zero-order valence-corrected chi connectivity index (χ0v) is 9.82. The van der Waals surface area contributed by atoms with Gasteiger partial charge in [-0.05, 0) is 12.2 Å². The zero-order valence-electron chi connectivity index (χ0n) is 9.82. The van der Waals surface area contributed by atoms with Gasteiger partial charge in [0.2, 0.25) is 0 Å². The van der Waals surface area contributed by atoms with Crippen LogP contribution in [0.3, 0.4) is 0 Å². The first-order valence-electron chi connectivity index (χ1n) is 6.05. The lowest BCUT2D eigenvalue weighted by Crippen LogP contribution is -2.14. The molecule has 2 aliphatic heterocycles. The molecule has 0 amide bonds. The van der Waals surface area contributed by atoms with Gasteiger partial charge in [0, 0.05) is 35.6 Å². The van der Waals surface area contributed by atoms with E-state index in [-0.39, 0.29) is 0 Å². The van der Waals surface area contributed by atoms with Crippen LogP contribution in [0.25, 0.3) is 22.7 Å². The van der Waals surface area contributed by atoms with Crippen molar-refractivity contribution < 1.29 is 0 Å². The molecule has 0 fully saturated rings. The average molecular weight is 232 g/mol. The Morgan fingerprint density at radius 1 is 0.833 bits per heavy atom. The van der Waals surface area contributed by atoms with Crippen LogP contribution < -0.4 is 0 Å². The predicted octanol–water partition coefficient (Wildman–Crippen LogP) is 3.81. The third-order valence-electron chi connectivity index (χ3n) is 3.38. The molecular weight excluding hydrogens is 220 g/mol. The molecule has 0 bridgehead atoms. The number of hydrogen-bond donors (Lipinski definition) is 0. The Labute approximate surface area is 105 Å². The summed E-state index contributed by atoms with van der Waals surface area (Å²) in [6, 6.07) is 8.51. The van der Waals surface area contributed by atoms with Crippen molar-refractivity contribution in [2.24, 2.45) is 0 Å². The van der Waals surface area contributed by atoms with Gasteiger partial charge in [-0.1, -0.05) is 36.4 Å². The smallest absolute Gasteiger partial charge is 0.0772 e. The quantitative estimate of drug-likeness (QED) is 0.670. The molecular formula is C16H12N2. The summed E-state index contributed by atoms with van der Waals surface area (Å²) in [5.74, 6) is 0. The summed E-state index contributed by atoms with van der Waals surface area (Å²) in [5.41, 5.74) is 2.47. The molecule has 0 aliphatic carbocycles. The summed E-state index contributed by atoms with van der Waals surface area (Å²) in [7, 11) is 0. The zero-order chi connectivity index (χ0) is 11.9. The Morgan fingerprint density at radius 2 is 1.78 bits per heavy atom. The summed E-state index contributed by atoms with van der Waals surface area (Å²) in [4.78, 5) is 2.15. The van der Waals surface area contributed by atoms with E-state index in [2.05, 4.69) is 82.8 Å². The van der Waals surface area contributed by atoms with Gasteiger partial charge in [0.15, 0.2) is 0 Å². The van der Waals surface area contributed by atoms with Gasteiger partial charge in [-0.3, -0.25) is 0 Å². The Balaban J connectivity index is 2.07. The van der Waals surface area contributed by atoms with Crippen molar-refractivity contribution in [3.05, 3.63) is 72.9 Å². The molecule has 2 aromatic rings. The third kappa shape index (κ3) is 1.23. The minimum absolute atomic E-state index is 1.21. The predicted molar refractivity (Wildman–Crippen MR) is 75.4 cm³/mol. The number of aromatic nitrogens is 1. The highest BCUT2D eigenvalue weighted by Gasteiger charge is 2.19. The standard InChI is InChI=1S/C16H12N2/c1-2-8-15-16-14-7-4-3-6-13(14)12-18(16)11-10-17(15)9-5-1/h1-12H. The van der Waals surface area contributed by atoms with E-state index in [1.165, 1.54) is 22.2 Å². The molecule has 0 N–H and O–H groups in total. The van der Waals surface area contributed by atoms with Crippen molar-refractivity contribution in [1.29, 1.82) is 0 Å². The SMILES string of the molecule is C1=CC=C2c3c4ccccc4cn3C=CN2C=C1. The van der Waals surface area contributed by atoms with Gasteiger partial charge in [-0.15, -0.1) is 0 Å². The molecule has 0 radical (unpaired) electrons. The Morgan fingerprint density at radius 3 is 2.78 bits per heavy atom. The van der Waals surface area contributed by atoms with Crippen LogP contribution in [-0.4, -0.2) is 9.47 Å². The normalized spacial score (nSPS) is 16.4. The molecule has 1 aromatic heterocycles. The van der Waals surface area contributed by atoms with Gasteiger partial charge in [0.05, 0.1) is 11.4 Å². The maximum Gasteiger partial charge on any atom is 0.0772 e. The molecule has 2 heteroatoms. The molecule has 1 aromatic carbocycles. The summed E-state index contributed by atoms with van der Waals surface area (Å²) in [6.07, 6.45) is 16.8. The first-order valence-corrected chi connectivity index (χ1v) is 6.05. The minimum atomic E-state index is 1.21. The van der Waals surface area contributed by atoms with Crippen LogP contribution in [0.5, 0.6) is 0 Å². The van der Waals surface area contributed by atoms with E-state index in [4.69, 9.17) is 0 Å². The van der Waals surface area contributed by atoms with Gasteiger partial charge in [-0.25, -0.2) is 0 Å². The molecule has 0 atom stereocenters. The van der Waals surface area contributed by atoms with Crippen molar-refractivity contribution in [3.63, 3.8) is 0 Å². The van der Waals surface area contributed by atoms with Crippen LogP contribution in [0.1, 0.15) is 5.69 Å². The highest BCUT2D eigenvalue weighted by molar-refractivity contribution is 5.95. The monoisotopic (exact) mass is 232 g/mol. The third-order valence-corrected chi connectivity index (χ3v) is 3.38. The molecule has 0 unspecified atom stereocenters. The first-order chi connectivity index (χ1) is 8.93. The van der Waals surface area contributed by atoms with Gasteiger partial charge in [0.1, 0.15) is 0 Å². The maximum absolute atomic E-state index is 2.19. The lowest BCUT2D eigenvalue weighted by molar-refractivity contribution is 0.704. The number of benzene rings is 1.